The predicted molar refractivity (Wildman–Crippen MR) is 159 cm³/mol. The van der Waals surface area contributed by atoms with Gasteiger partial charge >= 0.3 is 5.97 Å². The Labute approximate surface area is 241 Å². The molecule has 2 heterocycles. The van der Waals surface area contributed by atoms with E-state index in [1.54, 1.807) is 29.7 Å². The number of esters is 1. The third kappa shape index (κ3) is 5.86. The van der Waals surface area contributed by atoms with Crippen LogP contribution in [0.1, 0.15) is 36.6 Å². The second-order valence-corrected chi connectivity index (χ2v) is 10.0. The molecule has 1 atom stereocenters. The monoisotopic (exact) mass is 564 g/mol. The molecule has 0 radical (unpaired) electrons. The Bertz CT molecular complexity index is 1800. The van der Waals surface area contributed by atoms with Crippen molar-refractivity contribution in [3.63, 3.8) is 0 Å². The lowest BCUT2D eigenvalue weighted by Crippen LogP contribution is -2.40. The molecule has 41 heavy (non-hydrogen) atoms. The average molecular weight is 565 g/mol. The Morgan fingerprint density at radius 3 is 2.32 bits per heavy atom. The van der Waals surface area contributed by atoms with Gasteiger partial charge in [-0.3, -0.25) is 9.36 Å². The van der Waals surface area contributed by atoms with Crippen molar-refractivity contribution in [2.75, 3.05) is 19.8 Å². The van der Waals surface area contributed by atoms with Crippen LogP contribution in [0.15, 0.2) is 94.2 Å². The van der Waals surface area contributed by atoms with Crippen molar-refractivity contribution in [1.82, 2.24) is 4.57 Å². The van der Waals surface area contributed by atoms with E-state index in [0.717, 1.165) is 16.7 Å². The van der Waals surface area contributed by atoms with Gasteiger partial charge in [-0.15, -0.1) is 6.42 Å². The second-order valence-electron chi connectivity index (χ2n) is 9.00. The zero-order valence-electron chi connectivity index (χ0n) is 22.7. The lowest BCUT2D eigenvalue weighted by Gasteiger charge is -2.26. The molecule has 8 heteroatoms. The SMILES string of the molecule is C#CCOc1ccc(/C=c2\sc3n(c2=O)[C@H](c2ccc(OCC)cc2)C(C(=O)OCC)=C(c2ccccc2)N=3)cc1. The van der Waals surface area contributed by atoms with Gasteiger partial charge in [0.1, 0.15) is 18.1 Å². The van der Waals surface area contributed by atoms with Crippen molar-refractivity contribution in [3.8, 4) is 23.8 Å². The summed E-state index contributed by atoms with van der Waals surface area (Å²) in [6, 6.07) is 23.4. The summed E-state index contributed by atoms with van der Waals surface area (Å²) in [7, 11) is 0. The van der Waals surface area contributed by atoms with Gasteiger partial charge in [-0.25, -0.2) is 9.79 Å². The minimum absolute atomic E-state index is 0.177. The van der Waals surface area contributed by atoms with E-state index in [2.05, 4.69) is 5.92 Å². The van der Waals surface area contributed by atoms with E-state index in [4.69, 9.17) is 25.6 Å². The molecule has 4 aromatic rings. The molecule has 206 valence electrons. The molecule has 1 aliphatic rings. The van der Waals surface area contributed by atoms with Crippen LogP contribution in [0.3, 0.4) is 0 Å². The molecule has 7 nitrogen and oxygen atoms in total. The molecule has 0 fully saturated rings. The summed E-state index contributed by atoms with van der Waals surface area (Å²) in [6.07, 6.45) is 7.08. The number of ether oxygens (including phenoxy) is 3. The zero-order valence-corrected chi connectivity index (χ0v) is 23.5. The highest BCUT2D eigenvalue weighted by Gasteiger charge is 2.35. The highest BCUT2D eigenvalue weighted by atomic mass is 32.1. The number of nitrogens with zero attached hydrogens (tertiary/aromatic N) is 2. The van der Waals surface area contributed by atoms with E-state index in [9.17, 15) is 9.59 Å². The summed E-state index contributed by atoms with van der Waals surface area (Å²) in [4.78, 5) is 32.9. The average Bonchev–Trinajstić information content (AvgIpc) is 3.31. The first-order valence-corrected chi connectivity index (χ1v) is 14.0. The number of benzene rings is 3. The molecule has 0 unspecified atom stereocenters. The van der Waals surface area contributed by atoms with Crippen LogP contribution in [0.2, 0.25) is 0 Å². The number of rotatable bonds is 9. The minimum Gasteiger partial charge on any atom is -0.494 e. The Hall–Kier alpha value is -4.87. The third-order valence-corrected chi connectivity index (χ3v) is 7.36. The fourth-order valence-electron chi connectivity index (χ4n) is 4.61. The number of carbonyl (C=O) groups excluding carboxylic acids is 1. The van der Waals surface area contributed by atoms with Crippen molar-refractivity contribution >= 4 is 29.1 Å². The number of fused-ring (bicyclic) bond motifs is 1. The highest BCUT2D eigenvalue weighted by molar-refractivity contribution is 7.07. The molecule has 0 saturated carbocycles. The van der Waals surface area contributed by atoms with Crippen LogP contribution in [0, 0.1) is 12.3 Å². The second kappa shape index (κ2) is 12.5. The van der Waals surface area contributed by atoms with Crippen LogP contribution >= 0.6 is 11.3 Å². The summed E-state index contributed by atoms with van der Waals surface area (Å²) < 4.78 is 18.7. The lowest BCUT2D eigenvalue weighted by molar-refractivity contribution is -0.138. The van der Waals surface area contributed by atoms with Gasteiger partial charge in [-0.2, -0.15) is 0 Å². The first kappa shape index (κ1) is 27.7. The van der Waals surface area contributed by atoms with Gasteiger partial charge in [0.2, 0.25) is 0 Å². The number of aromatic nitrogens is 1. The van der Waals surface area contributed by atoms with Gasteiger partial charge in [-0.1, -0.05) is 71.9 Å². The maximum atomic E-state index is 14.0. The normalized spacial score (nSPS) is 14.6. The van der Waals surface area contributed by atoms with Crippen LogP contribution < -0.4 is 24.4 Å². The Morgan fingerprint density at radius 2 is 1.66 bits per heavy atom. The van der Waals surface area contributed by atoms with Crippen LogP contribution in [-0.4, -0.2) is 30.4 Å². The minimum atomic E-state index is -0.752. The largest absolute Gasteiger partial charge is 0.494 e. The van der Waals surface area contributed by atoms with Crippen LogP contribution in [0.5, 0.6) is 11.5 Å². The van der Waals surface area contributed by atoms with E-state index in [0.29, 0.717) is 38.7 Å². The molecule has 0 N–H and O–H groups in total. The zero-order chi connectivity index (χ0) is 28.8. The fraction of sp³-hybridized carbons (Fsp3) is 0.182. The fourth-order valence-corrected chi connectivity index (χ4v) is 5.61. The Morgan fingerprint density at radius 1 is 0.976 bits per heavy atom. The standard InChI is InChI=1S/C33H28N2O5S/c1-4-20-40-26-16-12-22(13-17-26)21-27-31(36)35-30(24-14-18-25(19-15-24)38-5-2)28(32(37)39-6-3)29(34-33(35)41-27)23-10-8-7-9-11-23/h1,7-19,21,30H,5-6,20H2,2-3H3/b27-21-/t30-/m1/s1. The molecule has 0 saturated heterocycles. The van der Waals surface area contributed by atoms with Gasteiger partial charge in [0.05, 0.1) is 35.1 Å². The summed E-state index contributed by atoms with van der Waals surface area (Å²) in [5.74, 6) is 3.26. The van der Waals surface area contributed by atoms with Crippen LogP contribution in [0.4, 0.5) is 0 Å². The Balaban J connectivity index is 1.72. The van der Waals surface area contributed by atoms with E-state index in [1.165, 1.54) is 11.3 Å². The number of hydrogen-bond donors (Lipinski definition) is 0. The summed E-state index contributed by atoms with van der Waals surface area (Å²) in [6.45, 7) is 4.56. The van der Waals surface area contributed by atoms with Crippen LogP contribution in [-0.2, 0) is 9.53 Å². The van der Waals surface area contributed by atoms with Crippen molar-refractivity contribution < 1.29 is 19.0 Å². The molecule has 3 aromatic carbocycles. The highest BCUT2D eigenvalue weighted by Crippen LogP contribution is 2.35. The smallest absolute Gasteiger partial charge is 0.338 e. The van der Waals surface area contributed by atoms with Crippen molar-refractivity contribution in [1.29, 1.82) is 0 Å². The lowest BCUT2D eigenvalue weighted by atomic mass is 9.93. The van der Waals surface area contributed by atoms with Crippen molar-refractivity contribution in [3.05, 3.63) is 121 Å². The first-order valence-electron chi connectivity index (χ1n) is 13.2. The van der Waals surface area contributed by atoms with Gasteiger partial charge in [0.25, 0.3) is 5.56 Å². The van der Waals surface area contributed by atoms with Crippen molar-refractivity contribution in [2.45, 2.75) is 19.9 Å². The van der Waals surface area contributed by atoms with Crippen molar-refractivity contribution in [2.24, 2.45) is 4.99 Å². The van der Waals surface area contributed by atoms with Gasteiger partial charge < -0.3 is 14.2 Å². The third-order valence-electron chi connectivity index (χ3n) is 6.38. The molecule has 0 aliphatic carbocycles. The molecule has 0 amide bonds. The molecule has 0 spiro atoms. The van der Waals surface area contributed by atoms with E-state index < -0.39 is 12.0 Å². The van der Waals surface area contributed by atoms with E-state index in [-0.39, 0.29) is 18.8 Å². The van der Waals surface area contributed by atoms with Crippen LogP contribution in [0.25, 0.3) is 11.8 Å². The van der Waals surface area contributed by atoms with E-state index in [1.807, 2.05) is 73.7 Å². The quantitative estimate of drug-likeness (QED) is 0.223. The molecular formula is C33H28N2O5S. The van der Waals surface area contributed by atoms with Gasteiger partial charge in [0.15, 0.2) is 4.80 Å². The maximum absolute atomic E-state index is 14.0. The maximum Gasteiger partial charge on any atom is 0.338 e. The summed E-state index contributed by atoms with van der Waals surface area (Å²) in [5.41, 5.74) is 2.83. The summed E-state index contributed by atoms with van der Waals surface area (Å²) in [5, 5.41) is 0. The molecule has 0 bridgehead atoms. The van der Waals surface area contributed by atoms with Gasteiger partial charge in [-0.05, 0) is 55.3 Å². The number of hydrogen-bond acceptors (Lipinski definition) is 7. The molecule has 1 aliphatic heterocycles. The van der Waals surface area contributed by atoms with E-state index >= 15 is 0 Å². The number of carbonyl (C=O) groups is 1. The first-order chi connectivity index (χ1) is 20.0. The Kier molecular flexibility index (Phi) is 8.47. The predicted octanol–water partition coefficient (Wildman–Crippen LogP) is 4.35. The number of thiazole rings is 1. The number of terminal acetylenes is 1. The topological polar surface area (TPSA) is 79.1 Å². The van der Waals surface area contributed by atoms with Gasteiger partial charge in [0, 0.05) is 5.56 Å². The summed E-state index contributed by atoms with van der Waals surface area (Å²) >= 11 is 1.27. The molecule has 1 aromatic heterocycles. The molecular weight excluding hydrogens is 536 g/mol. The molecule has 5 rings (SSSR count).